The normalized spacial score (nSPS) is 16.2. The fraction of sp³-hybridized carbons (Fsp3) is 0.333. The molecular formula is C15H14N2S. The van der Waals surface area contributed by atoms with Crippen LogP contribution < -0.4 is 0 Å². The fourth-order valence-electron chi connectivity index (χ4n) is 2.14. The highest BCUT2D eigenvalue weighted by molar-refractivity contribution is 7.10. The van der Waals surface area contributed by atoms with Crippen LogP contribution in [0.25, 0.3) is 11.3 Å². The highest BCUT2D eigenvalue weighted by atomic mass is 32.1. The molecule has 1 aromatic carbocycles. The van der Waals surface area contributed by atoms with Crippen LogP contribution in [0.4, 0.5) is 0 Å². The maximum absolute atomic E-state index is 9.11. The lowest BCUT2D eigenvalue weighted by Gasteiger charge is -2.02. The van der Waals surface area contributed by atoms with Crippen molar-refractivity contribution in [2.45, 2.75) is 26.2 Å². The van der Waals surface area contributed by atoms with Gasteiger partial charge in [0.05, 0.1) is 22.2 Å². The summed E-state index contributed by atoms with van der Waals surface area (Å²) in [7, 11) is 0. The molecule has 1 aliphatic carbocycles. The molecule has 3 heteroatoms. The largest absolute Gasteiger partial charge is 0.241 e. The highest BCUT2D eigenvalue weighted by Gasteiger charge is 2.43. The summed E-state index contributed by atoms with van der Waals surface area (Å²) < 4.78 is 0. The smallest absolute Gasteiger partial charge is 0.0948 e. The number of nitrogens with zero attached hydrogens (tertiary/aromatic N) is 2. The van der Waals surface area contributed by atoms with Gasteiger partial charge in [-0.3, -0.25) is 0 Å². The van der Waals surface area contributed by atoms with E-state index in [1.165, 1.54) is 11.1 Å². The molecule has 90 valence electrons. The zero-order valence-electron chi connectivity index (χ0n) is 10.3. The van der Waals surface area contributed by atoms with Gasteiger partial charge in [0.1, 0.15) is 0 Å². The Bertz CT molecular complexity index is 617. The molecule has 0 bridgehead atoms. The number of hydrogen-bond acceptors (Lipinski definition) is 3. The van der Waals surface area contributed by atoms with E-state index in [2.05, 4.69) is 35.5 Å². The summed E-state index contributed by atoms with van der Waals surface area (Å²) in [5.41, 5.74) is 3.39. The molecule has 1 heterocycles. The third-order valence-electron chi connectivity index (χ3n) is 3.55. The molecule has 0 atom stereocenters. The standard InChI is InChI=1S/C15H14N2S/c1-11-4-2-3-5-12(11)13-9-18-14(17-13)8-15(10-16)6-7-15/h2-5,9H,6-8H2,1H3. The lowest BCUT2D eigenvalue weighted by atomic mass is 10.1. The summed E-state index contributed by atoms with van der Waals surface area (Å²) in [4.78, 5) is 4.68. The van der Waals surface area contributed by atoms with E-state index in [4.69, 9.17) is 5.26 Å². The number of thiazole rings is 1. The Kier molecular flexibility index (Phi) is 2.68. The molecule has 0 saturated heterocycles. The lowest BCUT2D eigenvalue weighted by molar-refractivity contribution is 0.662. The topological polar surface area (TPSA) is 36.7 Å². The van der Waals surface area contributed by atoms with Crippen molar-refractivity contribution in [2.75, 3.05) is 0 Å². The number of aromatic nitrogens is 1. The predicted octanol–water partition coefficient (Wildman–Crippen LogP) is 3.96. The summed E-state index contributed by atoms with van der Waals surface area (Å²) >= 11 is 1.67. The van der Waals surface area contributed by atoms with E-state index >= 15 is 0 Å². The van der Waals surface area contributed by atoms with E-state index in [0.717, 1.165) is 30.0 Å². The molecule has 1 aliphatic rings. The SMILES string of the molecule is Cc1ccccc1-c1csc(CC2(C#N)CC2)n1. The van der Waals surface area contributed by atoms with Gasteiger partial charge in [0, 0.05) is 17.4 Å². The van der Waals surface area contributed by atoms with Crippen LogP contribution in [0.15, 0.2) is 29.6 Å². The second-order valence-corrected chi connectivity index (χ2v) is 5.95. The van der Waals surface area contributed by atoms with Crippen molar-refractivity contribution in [3.8, 4) is 17.3 Å². The minimum absolute atomic E-state index is 0.0964. The van der Waals surface area contributed by atoms with Crippen LogP contribution in [0.1, 0.15) is 23.4 Å². The van der Waals surface area contributed by atoms with Gasteiger partial charge < -0.3 is 0 Å². The van der Waals surface area contributed by atoms with Gasteiger partial charge in [0.25, 0.3) is 0 Å². The fourth-order valence-corrected chi connectivity index (χ4v) is 3.08. The maximum Gasteiger partial charge on any atom is 0.0948 e. The Hall–Kier alpha value is -1.66. The monoisotopic (exact) mass is 254 g/mol. The molecule has 2 aromatic rings. The van der Waals surface area contributed by atoms with Crippen LogP contribution in [0.5, 0.6) is 0 Å². The van der Waals surface area contributed by atoms with Gasteiger partial charge in [0.2, 0.25) is 0 Å². The van der Waals surface area contributed by atoms with Crippen molar-refractivity contribution in [2.24, 2.45) is 5.41 Å². The quantitative estimate of drug-likeness (QED) is 0.831. The number of hydrogen-bond donors (Lipinski definition) is 0. The molecule has 0 unspecified atom stereocenters. The summed E-state index contributed by atoms with van der Waals surface area (Å²) in [6.07, 6.45) is 2.88. The first-order valence-corrected chi connectivity index (χ1v) is 7.02. The lowest BCUT2D eigenvalue weighted by Crippen LogP contribution is -2.00. The second kappa shape index (κ2) is 4.22. The molecule has 3 rings (SSSR count). The van der Waals surface area contributed by atoms with Crippen molar-refractivity contribution in [3.63, 3.8) is 0 Å². The minimum atomic E-state index is -0.0964. The number of nitriles is 1. The number of rotatable bonds is 3. The molecule has 18 heavy (non-hydrogen) atoms. The second-order valence-electron chi connectivity index (χ2n) is 5.01. The average molecular weight is 254 g/mol. The Morgan fingerprint density at radius 3 is 2.83 bits per heavy atom. The molecule has 0 N–H and O–H groups in total. The van der Waals surface area contributed by atoms with Gasteiger partial charge in [-0.2, -0.15) is 5.26 Å². The van der Waals surface area contributed by atoms with E-state index in [-0.39, 0.29) is 5.41 Å². The van der Waals surface area contributed by atoms with Gasteiger partial charge in [-0.25, -0.2) is 4.98 Å². The summed E-state index contributed by atoms with van der Waals surface area (Å²) in [6, 6.07) is 10.7. The zero-order chi connectivity index (χ0) is 12.6. The van der Waals surface area contributed by atoms with Crippen LogP contribution in [-0.2, 0) is 6.42 Å². The minimum Gasteiger partial charge on any atom is -0.241 e. The van der Waals surface area contributed by atoms with Crippen LogP contribution >= 0.6 is 11.3 Å². The number of aryl methyl sites for hydroxylation is 1. The molecule has 1 saturated carbocycles. The first kappa shape index (κ1) is 11.4. The van der Waals surface area contributed by atoms with E-state index in [0.29, 0.717) is 0 Å². The Morgan fingerprint density at radius 2 is 2.17 bits per heavy atom. The van der Waals surface area contributed by atoms with Gasteiger partial charge >= 0.3 is 0 Å². The highest BCUT2D eigenvalue weighted by Crippen LogP contribution is 2.48. The van der Waals surface area contributed by atoms with Crippen molar-refractivity contribution in [1.29, 1.82) is 5.26 Å². The molecule has 0 amide bonds. The van der Waals surface area contributed by atoms with Gasteiger partial charge in [0.15, 0.2) is 0 Å². The molecule has 1 aromatic heterocycles. The predicted molar refractivity (Wildman–Crippen MR) is 73.3 cm³/mol. The van der Waals surface area contributed by atoms with E-state index in [1.54, 1.807) is 11.3 Å². The Balaban J connectivity index is 1.86. The molecular weight excluding hydrogens is 240 g/mol. The van der Waals surface area contributed by atoms with E-state index in [9.17, 15) is 0 Å². The molecule has 0 spiro atoms. The van der Waals surface area contributed by atoms with Gasteiger partial charge in [-0.1, -0.05) is 24.3 Å². The van der Waals surface area contributed by atoms with Crippen LogP contribution in [0.2, 0.25) is 0 Å². The summed E-state index contributed by atoms with van der Waals surface area (Å²) in [6.45, 7) is 2.10. The van der Waals surface area contributed by atoms with Gasteiger partial charge in [-0.15, -0.1) is 11.3 Å². The molecule has 1 fully saturated rings. The third kappa shape index (κ3) is 2.04. The molecule has 0 aliphatic heterocycles. The Labute approximate surface area is 111 Å². The van der Waals surface area contributed by atoms with Gasteiger partial charge in [-0.05, 0) is 25.3 Å². The van der Waals surface area contributed by atoms with E-state index in [1.807, 2.05) is 12.1 Å². The summed E-state index contributed by atoms with van der Waals surface area (Å²) in [5, 5.41) is 12.3. The average Bonchev–Trinajstić information content (AvgIpc) is 3.00. The molecule has 0 radical (unpaired) electrons. The first-order valence-electron chi connectivity index (χ1n) is 6.14. The van der Waals surface area contributed by atoms with Crippen molar-refractivity contribution >= 4 is 11.3 Å². The molecule has 2 nitrogen and oxygen atoms in total. The zero-order valence-corrected chi connectivity index (χ0v) is 11.1. The first-order chi connectivity index (χ1) is 8.72. The van der Waals surface area contributed by atoms with Crippen molar-refractivity contribution < 1.29 is 0 Å². The van der Waals surface area contributed by atoms with Crippen molar-refractivity contribution in [1.82, 2.24) is 4.98 Å². The van der Waals surface area contributed by atoms with Crippen LogP contribution in [0, 0.1) is 23.7 Å². The summed E-state index contributed by atoms with van der Waals surface area (Å²) in [5.74, 6) is 0. The van der Waals surface area contributed by atoms with Crippen LogP contribution in [0.3, 0.4) is 0 Å². The van der Waals surface area contributed by atoms with Crippen molar-refractivity contribution in [3.05, 3.63) is 40.2 Å². The Morgan fingerprint density at radius 1 is 1.39 bits per heavy atom. The van der Waals surface area contributed by atoms with Crippen LogP contribution in [-0.4, -0.2) is 4.98 Å². The number of benzene rings is 1. The third-order valence-corrected chi connectivity index (χ3v) is 4.40. The maximum atomic E-state index is 9.11. The van der Waals surface area contributed by atoms with E-state index < -0.39 is 0 Å².